The molecule has 4 rings (SSSR count). The molecular formula is C19H26F3N3O5S. The molecule has 0 spiro atoms. The van der Waals surface area contributed by atoms with Crippen LogP contribution in [0.25, 0.3) is 0 Å². The number of hydrogen-bond donors (Lipinski definition) is 2. The summed E-state index contributed by atoms with van der Waals surface area (Å²) in [5.41, 5.74) is 0. The molecule has 174 valence electrons. The van der Waals surface area contributed by atoms with Gasteiger partial charge in [-0.15, -0.1) is 11.3 Å². The Labute approximate surface area is 181 Å². The fraction of sp³-hybridized carbons (Fsp3) is 0.737. The van der Waals surface area contributed by atoms with Crippen LogP contribution in [0.1, 0.15) is 30.7 Å². The first-order chi connectivity index (χ1) is 14.7. The Bertz CT molecular complexity index is 728. The Morgan fingerprint density at radius 1 is 1.29 bits per heavy atom. The van der Waals surface area contributed by atoms with Crippen LogP contribution in [0.2, 0.25) is 0 Å². The number of aromatic nitrogens is 1. The summed E-state index contributed by atoms with van der Waals surface area (Å²) in [5, 5.41) is 13.4. The SMILES string of the molecule is O=C(NCC1CCOCC1)[C@@H]1C[C@@H]2[C@@H](CCN2Cc2nccs2)O1.O=C(O)C(F)(F)F. The van der Waals surface area contributed by atoms with Gasteiger partial charge in [0.05, 0.1) is 12.6 Å². The van der Waals surface area contributed by atoms with Gasteiger partial charge in [0, 0.05) is 50.3 Å². The Morgan fingerprint density at radius 2 is 2.00 bits per heavy atom. The minimum Gasteiger partial charge on any atom is -0.475 e. The lowest BCUT2D eigenvalue weighted by molar-refractivity contribution is -0.192. The molecule has 3 aliphatic rings. The van der Waals surface area contributed by atoms with Crippen LogP contribution in [0.5, 0.6) is 0 Å². The van der Waals surface area contributed by atoms with E-state index in [2.05, 4.69) is 15.2 Å². The van der Waals surface area contributed by atoms with Crippen LogP contribution in [-0.4, -0.2) is 77.6 Å². The number of aliphatic carboxylic acids is 1. The number of fused-ring (bicyclic) bond motifs is 1. The van der Waals surface area contributed by atoms with E-state index in [9.17, 15) is 18.0 Å². The highest BCUT2D eigenvalue weighted by molar-refractivity contribution is 7.09. The molecule has 3 aliphatic heterocycles. The lowest BCUT2D eigenvalue weighted by atomic mass is 10.0. The van der Waals surface area contributed by atoms with Gasteiger partial charge in [-0.3, -0.25) is 9.69 Å². The molecule has 8 nitrogen and oxygen atoms in total. The van der Waals surface area contributed by atoms with Crippen molar-refractivity contribution in [2.75, 3.05) is 26.3 Å². The van der Waals surface area contributed by atoms with E-state index < -0.39 is 12.1 Å². The van der Waals surface area contributed by atoms with Crippen LogP contribution >= 0.6 is 11.3 Å². The van der Waals surface area contributed by atoms with Crippen LogP contribution in [-0.2, 0) is 25.6 Å². The molecule has 0 aromatic carbocycles. The number of carboxylic acid groups (broad SMARTS) is 1. The molecule has 4 heterocycles. The third-order valence-corrected chi connectivity index (χ3v) is 6.42. The number of alkyl halides is 3. The number of likely N-dealkylation sites (tertiary alicyclic amines) is 1. The van der Waals surface area contributed by atoms with E-state index in [1.54, 1.807) is 11.3 Å². The molecule has 1 amide bonds. The van der Waals surface area contributed by atoms with Crippen molar-refractivity contribution in [3.8, 4) is 0 Å². The maximum atomic E-state index is 12.4. The van der Waals surface area contributed by atoms with Gasteiger partial charge in [-0.1, -0.05) is 0 Å². The normalized spacial score (nSPS) is 26.7. The third kappa shape index (κ3) is 6.86. The van der Waals surface area contributed by atoms with Crippen molar-refractivity contribution in [2.45, 2.75) is 56.7 Å². The second-order valence-electron chi connectivity index (χ2n) is 7.76. The molecule has 0 radical (unpaired) electrons. The van der Waals surface area contributed by atoms with Gasteiger partial charge in [-0.25, -0.2) is 9.78 Å². The molecule has 0 unspecified atom stereocenters. The van der Waals surface area contributed by atoms with Crippen molar-refractivity contribution >= 4 is 23.2 Å². The fourth-order valence-corrected chi connectivity index (χ4v) is 4.65. The predicted octanol–water partition coefficient (Wildman–Crippen LogP) is 2.05. The summed E-state index contributed by atoms with van der Waals surface area (Å²) in [4.78, 5) is 28.1. The molecule has 0 bridgehead atoms. The second-order valence-corrected chi connectivity index (χ2v) is 8.73. The first kappa shape index (κ1) is 23.9. The molecular weight excluding hydrogens is 439 g/mol. The molecule has 3 fully saturated rings. The van der Waals surface area contributed by atoms with E-state index in [1.165, 1.54) is 0 Å². The summed E-state index contributed by atoms with van der Waals surface area (Å²) < 4.78 is 43.1. The maximum Gasteiger partial charge on any atom is 0.490 e. The van der Waals surface area contributed by atoms with Gasteiger partial charge >= 0.3 is 12.1 Å². The third-order valence-electron chi connectivity index (χ3n) is 5.66. The predicted molar refractivity (Wildman–Crippen MR) is 104 cm³/mol. The first-order valence-electron chi connectivity index (χ1n) is 10.2. The fourth-order valence-electron chi connectivity index (χ4n) is 4.01. The molecule has 31 heavy (non-hydrogen) atoms. The van der Waals surface area contributed by atoms with E-state index in [-0.39, 0.29) is 18.1 Å². The van der Waals surface area contributed by atoms with Crippen molar-refractivity contribution in [3.63, 3.8) is 0 Å². The van der Waals surface area contributed by atoms with Crippen molar-refractivity contribution in [1.29, 1.82) is 0 Å². The molecule has 3 atom stereocenters. The van der Waals surface area contributed by atoms with Gasteiger partial charge in [0.25, 0.3) is 0 Å². The van der Waals surface area contributed by atoms with E-state index >= 15 is 0 Å². The number of nitrogens with one attached hydrogen (secondary N) is 1. The minimum absolute atomic E-state index is 0.0603. The summed E-state index contributed by atoms with van der Waals surface area (Å²) >= 11 is 1.69. The Kier molecular flexibility index (Phi) is 8.25. The number of halogens is 3. The van der Waals surface area contributed by atoms with Crippen LogP contribution in [0.3, 0.4) is 0 Å². The van der Waals surface area contributed by atoms with Gasteiger partial charge < -0.3 is 19.9 Å². The molecule has 0 saturated carbocycles. The average molecular weight is 465 g/mol. The Hall–Kier alpha value is -1.76. The topological polar surface area (TPSA) is 101 Å². The molecule has 0 aliphatic carbocycles. The first-order valence-corrected chi connectivity index (χ1v) is 11.1. The summed E-state index contributed by atoms with van der Waals surface area (Å²) in [5.74, 6) is -2.15. The van der Waals surface area contributed by atoms with Crippen molar-refractivity contribution in [2.24, 2.45) is 5.92 Å². The number of nitrogens with zero attached hydrogens (tertiary/aromatic N) is 2. The van der Waals surface area contributed by atoms with Gasteiger partial charge in [-0.05, 0) is 25.2 Å². The number of rotatable bonds is 5. The molecule has 3 saturated heterocycles. The van der Waals surface area contributed by atoms with E-state index in [4.69, 9.17) is 19.4 Å². The number of carbonyl (C=O) groups excluding carboxylic acids is 1. The summed E-state index contributed by atoms with van der Waals surface area (Å²) in [6.45, 7) is 4.29. The smallest absolute Gasteiger partial charge is 0.475 e. The zero-order valence-corrected chi connectivity index (χ0v) is 17.7. The lowest BCUT2D eigenvalue weighted by Gasteiger charge is -2.23. The number of amides is 1. The Morgan fingerprint density at radius 3 is 2.61 bits per heavy atom. The number of hydrogen-bond acceptors (Lipinski definition) is 7. The highest BCUT2D eigenvalue weighted by Crippen LogP contribution is 2.34. The van der Waals surface area contributed by atoms with Gasteiger partial charge in [0.2, 0.25) is 5.91 Å². The zero-order valence-electron chi connectivity index (χ0n) is 16.8. The quantitative estimate of drug-likeness (QED) is 0.687. The molecule has 12 heteroatoms. The highest BCUT2D eigenvalue weighted by atomic mass is 32.1. The van der Waals surface area contributed by atoms with E-state index in [1.807, 2.05) is 11.6 Å². The van der Waals surface area contributed by atoms with Gasteiger partial charge in [-0.2, -0.15) is 13.2 Å². The van der Waals surface area contributed by atoms with Crippen LogP contribution in [0.4, 0.5) is 13.2 Å². The van der Waals surface area contributed by atoms with Crippen LogP contribution in [0.15, 0.2) is 11.6 Å². The molecule has 1 aromatic rings. The Balaban J connectivity index is 0.000000339. The molecule has 2 N–H and O–H groups in total. The highest BCUT2D eigenvalue weighted by Gasteiger charge is 2.45. The maximum absolute atomic E-state index is 12.4. The lowest BCUT2D eigenvalue weighted by Crippen LogP contribution is -2.39. The largest absolute Gasteiger partial charge is 0.490 e. The van der Waals surface area contributed by atoms with Crippen molar-refractivity contribution < 1.29 is 37.3 Å². The summed E-state index contributed by atoms with van der Waals surface area (Å²) in [7, 11) is 0. The molecule has 1 aromatic heterocycles. The van der Waals surface area contributed by atoms with Gasteiger partial charge in [0.15, 0.2) is 0 Å². The summed E-state index contributed by atoms with van der Waals surface area (Å²) in [6.07, 6.45) is 0.570. The van der Waals surface area contributed by atoms with Crippen LogP contribution in [0, 0.1) is 5.92 Å². The number of carbonyl (C=O) groups is 2. The van der Waals surface area contributed by atoms with Crippen molar-refractivity contribution in [1.82, 2.24) is 15.2 Å². The van der Waals surface area contributed by atoms with Crippen LogP contribution < -0.4 is 5.32 Å². The average Bonchev–Trinajstić information content (AvgIpc) is 3.46. The van der Waals surface area contributed by atoms with E-state index in [0.717, 1.165) is 63.5 Å². The van der Waals surface area contributed by atoms with Crippen molar-refractivity contribution in [3.05, 3.63) is 16.6 Å². The number of carboxylic acids is 1. The van der Waals surface area contributed by atoms with E-state index in [0.29, 0.717) is 12.0 Å². The number of ether oxygens (including phenoxy) is 2. The summed E-state index contributed by atoms with van der Waals surface area (Å²) in [6, 6.07) is 0.354. The standard InChI is InChI=1S/C17H25N3O3S.C2HF3O2/c21-17(19-10-12-2-6-22-7-3-12)15-9-13-14(23-15)1-5-20(13)11-16-18-4-8-24-16;3-2(4,5)1(6)7/h4,8,12-15H,1-3,5-7,9-11H2,(H,19,21);(H,6,7)/t13-,14-,15+;/m1./s1. The minimum atomic E-state index is -5.08. The second kappa shape index (κ2) is 10.7. The monoisotopic (exact) mass is 465 g/mol. The number of thiazole rings is 1. The zero-order chi connectivity index (χ0) is 22.4. The van der Waals surface area contributed by atoms with Gasteiger partial charge in [0.1, 0.15) is 11.1 Å².